The summed E-state index contributed by atoms with van der Waals surface area (Å²) in [6, 6.07) is 15.7. The van der Waals surface area contributed by atoms with E-state index in [1.165, 1.54) is 0 Å². The summed E-state index contributed by atoms with van der Waals surface area (Å²) in [6.45, 7) is 3.28. The number of para-hydroxylation sites is 4. The number of aromatic nitrogens is 4. The van der Waals surface area contributed by atoms with Gasteiger partial charge in [0.15, 0.2) is 11.0 Å². The predicted octanol–water partition coefficient (Wildman–Crippen LogP) is 3.55. The average molecular weight is 377 g/mol. The number of anilines is 2. The van der Waals surface area contributed by atoms with E-state index in [-0.39, 0.29) is 0 Å². The van der Waals surface area contributed by atoms with E-state index >= 15 is 0 Å². The maximum atomic E-state index is 6.40. The molecule has 0 spiro atoms. The molecule has 0 unspecified atom stereocenters. The molecule has 2 aromatic heterocycles. The van der Waals surface area contributed by atoms with E-state index in [4.69, 9.17) is 21.6 Å². The molecule has 1 aliphatic rings. The van der Waals surface area contributed by atoms with Crippen LogP contribution in [0.4, 0.5) is 11.6 Å². The Morgan fingerprint density at radius 1 is 0.667 bits per heavy atom. The van der Waals surface area contributed by atoms with Crippen LogP contribution in [0.15, 0.2) is 54.7 Å². The van der Waals surface area contributed by atoms with E-state index in [2.05, 4.69) is 19.8 Å². The quantitative estimate of drug-likeness (QED) is 0.533. The van der Waals surface area contributed by atoms with Crippen molar-refractivity contribution in [2.24, 2.45) is 0 Å². The van der Waals surface area contributed by atoms with E-state index in [9.17, 15) is 0 Å². The van der Waals surface area contributed by atoms with Gasteiger partial charge in [0.05, 0.1) is 28.3 Å². The topological polar surface area (TPSA) is 58.0 Å². The van der Waals surface area contributed by atoms with E-state index in [0.29, 0.717) is 5.15 Å². The fraction of sp³-hybridized carbons (Fsp3) is 0.200. The van der Waals surface area contributed by atoms with E-state index in [1.54, 1.807) is 0 Å². The van der Waals surface area contributed by atoms with Crippen molar-refractivity contribution in [2.75, 3.05) is 36.0 Å². The second-order valence-corrected chi connectivity index (χ2v) is 6.88. The molecule has 0 bridgehead atoms. The third kappa shape index (κ3) is 3.02. The van der Waals surface area contributed by atoms with Crippen molar-refractivity contribution in [3.8, 4) is 0 Å². The van der Waals surface area contributed by atoms with Gasteiger partial charge in [-0.1, -0.05) is 35.9 Å². The minimum absolute atomic E-state index is 0.452. The summed E-state index contributed by atoms with van der Waals surface area (Å²) in [7, 11) is 0. The first-order valence-corrected chi connectivity index (χ1v) is 9.30. The van der Waals surface area contributed by atoms with Crippen molar-refractivity contribution in [2.45, 2.75) is 0 Å². The first-order chi connectivity index (χ1) is 13.3. The van der Waals surface area contributed by atoms with Gasteiger partial charge in [-0.2, -0.15) is 0 Å². The second kappa shape index (κ2) is 6.63. The van der Waals surface area contributed by atoms with Gasteiger partial charge >= 0.3 is 0 Å². The largest absolute Gasteiger partial charge is 0.352 e. The molecule has 1 saturated heterocycles. The molecule has 6 nitrogen and oxygen atoms in total. The van der Waals surface area contributed by atoms with Gasteiger partial charge in [0.2, 0.25) is 0 Å². The van der Waals surface area contributed by atoms with Gasteiger partial charge in [0.25, 0.3) is 0 Å². The molecule has 4 aromatic rings. The molecule has 3 heterocycles. The smallest absolute Gasteiger partial charge is 0.172 e. The highest BCUT2D eigenvalue weighted by atomic mass is 35.5. The number of benzene rings is 2. The van der Waals surface area contributed by atoms with Crippen molar-refractivity contribution in [3.05, 3.63) is 59.9 Å². The summed E-state index contributed by atoms with van der Waals surface area (Å²) in [4.78, 5) is 22.9. The zero-order valence-electron chi connectivity index (χ0n) is 14.6. The molecule has 2 aromatic carbocycles. The zero-order valence-corrected chi connectivity index (χ0v) is 15.3. The summed E-state index contributed by atoms with van der Waals surface area (Å²) in [5.74, 6) is 1.66. The van der Waals surface area contributed by atoms with Crippen molar-refractivity contribution in [1.29, 1.82) is 0 Å². The minimum Gasteiger partial charge on any atom is -0.352 e. The maximum Gasteiger partial charge on any atom is 0.172 e. The van der Waals surface area contributed by atoms with Gasteiger partial charge in [-0.3, -0.25) is 4.98 Å². The molecule has 0 saturated carbocycles. The molecular formula is C20H17ClN6. The summed E-state index contributed by atoms with van der Waals surface area (Å²) in [6.07, 6.45) is 1.85. The number of nitrogens with zero attached hydrogens (tertiary/aromatic N) is 6. The third-order valence-corrected chi connectivity index (χ3v) is 5.10. The molecule has 134 valence electrons. The SMILES string of the molecule is Clc1nc2ccccc2nc1N1CCN(c2cnc3ccccc3n2)CC1. The summed E-state index contributed by atoms with van der Waals surface area (Å²) in [5.41, 5.74) is 3.51. The monoisotopic (exact) mass is 376 g/mol. The van der Waals surface area contributed by atoms with Crippen LogP contribution in [0.25, 0.3) is 22.1 Å². The molecular weight excluding hydrogens is 360 g/mol. The van der Waals surface area contributed by atoms with Crippen molar-refractivity contribution in [1.82, 2.24) is 19.9 Å². The molecule has 0 radical (unpaired) electrons. The first-order valence-electron chi connectivity index (χ1n) is 8.92. The van der Waals surface area contributed by atoms with Gasteiger partial charge in [-0.15, -0.1) is 0 Å². The van der Waals surface area contributed by atoms with Crippen LogP contribution in [-0.2, 0) is 0 Å². The molecule has 1 aliphatic heterocycles. The van der Waals surface area contributed by atoms with E-state index in [0.717, 1.165) is 59.9 Å². The number of piperazine rings is 1. The minimum atomic E-state index is 0.452. The molecule has 1 fully saturated rings. The molecule has 0 aliphatic carbocycles. The lowest BCUT2D eigenvalue weighted by Crippen LogP contribution is -2.47. The Morgan fingerprint density at radius 3 is 1.93 bits per heavy atom. The number of rotatable bonds is 2. The van der Waals surface area contributed by atoms with Crippen LogP contribution in [0.3, 0.4) is 0 Å². The van der Waals surface area contributed by atoms with Crippen molar-refractivity contribution >= 4 is 45.3 Å². The van der Waals surface area contributed by atoms with Crippen molar-refractivity contribution < 1.29 is 0 Å². The van der Waals surface area contributed by atoms with Crippen molar-refractivity contribution in [3.63, 3.8) is 0 Å². The normalized spacial score (nSPS) is 14.9. The van der Waals surface area contributed by atoms with Gasteiger partial charge in [-0.05, 0) is 24.3 Å². The molecule has 0 atom stereocenters. The van der Waals surface area contributed by atoms with Gasteiger partial charge in [0, 0.05) is 26.2 Å². The lowest BCUT2D eigenvalue weighted by molar-refractivity contribution is 0.641. The Kier molecular flexibility index (Phi) is 3.98. The molecule has 0 N–H and O–H groups in total. The number of hydrogen-bond donors (Lipinski definition) is 0. The summed E-state index contributed by atoms with van der Waals surface area (Å²) in [5, 5.41) is 0.452. The zero-order chi connectivity index (χ0) is 18.2. The highest BCUT2D eigenvalue weighted by Crippen LogP contribution is 2.26. The highest BCUT2D eigenvalue weighted by molar-refractivity contribution is 6.32. The fourth-order valence-corrected chi connectivity index (χ4v) is 3.67. The van der Waals surface area contributed by atoms with Gasteiger partial charge in [-0.25, -0.2) is 15.0 Å². The Bertz CT molecular complexity index is 1120. The van der Waals surface area contributed by atoms with Crippen LogP contribution in [0, 0.1) is 0 Å². The van der Waals surface area contributed by atoms with E-state index in [1.807, 2.05) is 54.7 Å². The van der Waals surface area contributed by atoms with Crippen LogP contribution >= 0.6 is 11.6 Å². The number of hydrogen-bond acceptors (Lipinski definition) is 6. The Labute approximate surface area is 161 Å². The summed E-state index contributed by atoms with van der Waals surface area (Å²) < 4.78 is 0. The van der Waals surface area contributed by atoms with Crippen LogP contribution in [0.2, 0.25) is 5.15 Å². The van der Waals surface area contributed by atoms with Crippen LogP contribution < -0.4 is 9.80 Å². The highest BCUT2D eigenvalue weighted by Gasteiger charge is 2.22. The molecule has 5 rings (SSSR count). The van der Waals surface area contributed by atoms with Crippen LogP contribution in [0.5, 0.6) is 0 Å². The Balaban J connectivity index is 1.37. The average Bonchev–Trinajstić information content (AvgIpc) is 2.73. The van der Waals surface area contributed by atoms with Crippen LogP contribution in [0.1, 0.15) is 0 Å². The summed E-state index contributed by atoms with van der Waals surface area (Å²) >= 11 is 6.40. The Hall–Kier alpha value is -2.99. The van der Waals surface area contributed by atoms with Gasteiger partial charge in [0.1, 0.15) is 5.82 Å². The van der Waals surface area contributed by atoms with Gasteiger partial charge < -0.3 is 9.80 Å². The van der Waals surface area contributed by atoms with Crippen LogP contribution in [-0.4, -0.2) is 46.1 Å². The lowest BCUT2D eigenvalue weighted by atomic mass is 10.2. The van der Waals surface area contributed by atoms with E-state index < -0.39 is 0 Å². The third-order valence-electron chi connectivity index (χ3n) is 4.85. The lowest BCUT2D eigenvalue weighted by Gasteiger charge is -2.36. The number of halogens is 1. The Morgan fingerprint density at radius 2 is 1.22 bits per heavy atom. The standard InChI is InChI=1S/C20H17ClN6/c21-19-20(25-17-8-4-3-7-16(17)24-19)27-11-9-26(10-12-27)18-13-22-14-5-1-2-6-15(14)23-18/h1-8,13H,9-12H2. The maximum absolute atomic E-state index is 6.40. The molecule has 27 heavy (non-hydrogen) atoms. The molecule has 7 heteroatoms. The molecule has 0 amide bonds. The number of fused-ring (bicyclic) bond motifs is 2. The first kappa shape index (κ1) is 16.2. The second-order valence-electron chi connectivity index (χ2n) is 6.52. The fourth-order valence-electron chi connectivity index (χ4n) is 3.42. The predicted molar refractivity (Wildman–Crippen MR) is 109 cm³/mol.